The van der Waals surface area contributed by atoms with Gasteiger partial charge in [-0.1, -0.05) is 26.7 Å². The Bertz CT molecular complexity index is 677. The number of carbonyl (C=O) groups excluding carboxylic acids is 2. The van der Waals surface area contributed by atoms with E-state index in [0.29, 0.717) is 0 Å². The lowest BCUT2D eigenvalue weighted by molar-refractivity contribution is 0.0560. The van der Waals surface area contributed by atoms with Gasteiger partial charge < -0.3 is 19.2 Å². The van der Waals surface area contributed by atoms with Gasteiger partial charge in [0.15, 0.2) is 8.32 Å². The summed E-state index contributed by atoms with van der Waals surface area (Å²) in [4.78, 5) is 28.0. The van der Waals surface area contributed by atoms with Crippen molar-refractivity contribution in [2.75, 3.05) is 6.54 Å². The molecule has 2 amide bonds. The summed E-state index contributed by atoms with van der Waals surface area (Å²) in [6, 6.07) is 0. The van der Waals surface area contributed by atoms with Crippen LogP contribution in [0.2, 0.25) is 18.1 Å². The Balaban J connectivity index is 5.39. The molecule has 0 heterocycles. The van der Waals surface area contributed by atoms with E-state index in [2.05, 4.69) is 55.4 Å². The second-order valence-electron chi connectivity index (χ2n) is 10.5. The number of amides is 2. The predicted octanol–water partition coefficient (Wildman–Crippen LogP) is 4.42. The normalized spacial score (nSPS) is 14.4. The summed E-state index contributed by atoms with van der Waals surface area (Å²) < 4.78 is 16.6. The fraction of sp³-hybridized carbons (Fsp3) is 0.762. The van der Waals surface area contributed by atoms with Crippen LogP contribution in [0.15, 0.2) is 4.99 Å². The average molecular weight is 442 g/mol. The predicted molar refractivity (Wildman–Crippen MR) is 122 cm³/mol. The number of rotatable bonds is 4. The standard InChI is InChI=1S/C21H39N3O5Si/c1-13-15(29-30(11,12)21(8,9)10)14-22-16(23-17(25)27-19(2,3)4)24-18(26)28-20(5,6)7/h1,15H,14H2,2-12H3,(H2,22,23,24,25,26). The van der Waals surface area contributed by atoms with E-state index < -0.39 is 37.8 Å². The Morgan fingerprint density at radius 1 is 1.00 bits per heavy atom. The topological polar surface area (TPSA) is 98.2 Å². The Morgan fingerprint density at radius 2 is 1.50 bits per heavy atom. The van der Waals surface area contributed by atoms with E-state index in [1.54, 1.807) is 41.5 Å². The van der Waals surface area contributed by atoms with E-state index >= 15 is 0 Å². The zero-order valence-electron chi connectivity index (χ0n) is 20.4. The number of nitrogens with zero attached hydrogens (tertiary/aromatic N) is 1. The Morgan fingerprint density at radius 3 is 1.90 bits per heavy atom. The van der Waals surface area contributed by atoms with E-state index in [1.165, 1.54) is 0 Å². The van der Waals surface area contributed by atoms with Gasteiger partial charge in [-0.05, 0) is 59.7 Å². The molecule has 0 aromatic carbocycles. The molecule has 0 radical (unpaired) electrons. The van der Waals surface area contributed by atoms with Crippen molar-refractivity contribution in [3.8, 4) is 12.3 Å². The maximum Gasteiger partial charge on any atom is 0.437 e. The highest BCUT2D eigenvalue weighted by Crippen LogP contribution is 2.37. The number of guanidine groups is 1. The van der Waals surface area contributed by atoms with Crippen molar-refractivity contribution >= 4 is 26.5 Å². The van der Waals surface area contributed by atoms with Gasteiger partial charge in [-0.15, -0.1) is 11.4 Å². The van der Waals surface area contributed by atoms with E-state index in [4.69, 9.17) is 20.3 Å². The Kier molecular flexibility index (Phi) is 9.60. The first-order chi connectivity index (χ1) is 13.3. The van der Waals surface area contributed by atoms with Gasteiger partial charge in [-0.2, -0.15) is 0 Å². The van der Waals surface area contributed by atoms with E-state index in [9.17, 15) is 9.59 Å². The number of terminal acetylenes is 1. The minimum Gasteiger partial charge on any atom is -0.444 e. The fourth-order valence-corrected chi connectivity index (χ4v) is 2.96. The third-order valence-electron chi connectivity index (χ3n) is 4.10. The van der Waals surface area contributed by atoms with Crippen molar-refractivity contribution in [2.45, 2.75) is 97.8 Å². The highest BCUT2D eigenvalue weighted by Gasteiger charge is 2.39. The maximum absolute atomic E-state index is 12.1. The van der Waals surface area contributed by atoms with Crippen molar-refractivity contribution < 1.29 is 23.5 Å². The van der Waals surface area contributed by atoms with Crippen LogP contribution < -0.4 is 10.6 Å². The monoisotopic (exact) mass is 441 g/mol. The third kappa shape index (κ3) is 11.8. The fourth-order valence-electron chi connectivity index (χ4n) is 1.74. The lowest BCUT2D eigenvalue weighted by Crippen LogP contribution is -2.49. The van der Waals surface area contributed by atoms with Crippen LogP contribution in [0, 0.1) is 12.3 Å². The molecule has 0 saturated carbocycles. The minimum absolute atomic E-state index is 0.0235. The molecule has 0 bridgehead atoms. The van der Waals surface area contributed by atoms with E-state index in [0.717, 1.165) is 0 Å². The van der Waals surface area contributed by atoms with Gasteiger partial charge in [-0.3, -0.25) is 5.32 Å². The molecule has 0 aromatic rings. The molecule has 172 valence electrons. The molecular formula is C21H39N3O5Si. The lowest BCUT2D eigenvalue weighted by atomic mass is 10.2. The summed E-state index contributed by atoms with van der Waals surface area (Å²) >= 11 is 0. The average Bonchev–Trinajstić information content (AvgIpc) is 2.45. The molecule has 0 aliphatic rings. The molecule has 0 aromatic heterocycles. The van der Waals surface area contributed by atoms with Gasteiger partial charge in [0.05, 0.1) is 6.54 Å². The first-order valence-electron chi connectivity index (χ1n) is 9.95. The highest BCUT2D eigenvalue weighted by atomic mass is 28.4. The number of hydrogen-bond donors (Lipinski definition) is 2. The zero-order valence-corrected chi connectivity index (χ0v) is 21.4. The summed E-state index contributed by atoms with van der Waals surface area (Å²) in [6.45, 7) is 21.0. The largest absolute Gasteiger partial charge is 0.444 e. The summed E-state index contributed by atoms with van der Waals surface area (Å²) in [6.07, 6.45) is 3.45. The molecule has 1 unspecified atom stereocenters. The molecule has 0 aliphatic carbocycles. The van der Waals surface area contributed by atoms with Crippen molar-refractivity contribution in [3.63, 3.8) is 0 Å². The van der Waals surface area contributed by atoms with Crippen LogP contribution in [-0.4, -0.2) is 50.3 Å². The quantitative estimate of drug-likeness (QED) is 0.290. The molecule has 0 saturated heterocycles. The van der Waals surface area contributed by atoms with Crippen molar-refractivity contribution in [2.24, 2.45) is 4.99 Å². The number of hydrogen-bond acceptors (Lipinski definition) is 5. The zero-order chi connectivity index (χ0) is 24.0. The molecular weight excluding hydrogens is 402 g/mol. The van der Waals surface area contributed by atoms with Gasteiger partial charge in [0, 0.05) is 0 Å². The first kappa shape index (κ1) is 27.9. The number of aliphatic imine (C=N–C) groups is 1. The summed E-state index contributed by atoms with van der Waals surface area (Å²) in [5.41, 5.74) is -1.45. The second kappa shape index (κ2) is 10.3. The van der Waals surface area contributed by atoms with Gasteiger partial charge >= 0.3 is 12.2 Å². The Labute approximate surface area is 182 Å². The second-order valence-corrected chi connectivity index (χ2v) is 15.2. The molecule has 0 rings (SSSR count). The number of carbonyl (C=O) groups is 2. The number of alkyl carbamates (subject to hydrolysis) is 1. The van der Waals surface area contributed by atoms with Crippen LogP contribution in [-0.2, 0) is 13.9 Å². The van der Waals surface area contributed by atoms with E-state index in [1.807, 2.05) is 0 Å². The first-order valence-corrected chi connectivity index (χ1v) is 12.9. The van der Waals surface area contributed by atoms with Gasteiger partial charge in [0.2, 0.25) is 5.96 Å². The smallest absolute Gasteiger partial charge is 0.437 e. The SMILES string of the molecule is C#CC(CN/C(=N/C(=O)OC(C)(C)C)NC(=O)OC(C)(C)C)O[Si](C)(C)C(C)(C)C. The van der Waals surface area contributed by atoms with Crippen LogP contribution >= 0.6 is 0 Å². The van der Waals surface area contributed by atoms with Crippen molar-refractivity contribution in [1.82, 2.24) is 10.6 Å². The van der Waals surface area contributed by atoms with Crippen LogP contribution in [0.25, 0.3) is 0 Å². The maximum atomic E-state index is 12.1. The number of ether oxygens (including phenoxy) is 2. The molecule has 0 fully saturated rings. The van der Waals surface area contributed by atoms with Crippen molar-refractivity contribution in [1.29, 1.82) is 0 Å². The van der Waals surface area contributed by atoms with Gasteiger partial charge in [0.1, 0.15) is 17.3 Å². The molecule has 0 aliphatic heterocycles. The minimum atomic E-state index is -2.11. The van der Waals surface area contributed by atoms with Crippen LogP contribution in [0.5, 0.6) is 0 Å². The van der Waals surface area contributed by atoms with Gasteiger partial charge in [-0.25, -0.2) is 9.59 Å². The van der Waals surface area contributed by atoms with Gasteiger partial charge in [0.25, 0.3) is 0 Å². The third-order valence-corrected chi connectivity index (χ3v) is 8.59. The molecule has 8 nitrogen and oxygen atoms in total. The molecule has 2 N–H and O–H groups in total. The highest BCUT2D eigenvalue weighted by molar-refractivity contribution is 6.74. The molecule has 0 spiro atoms. The van der Waals surface area contributed by atoms with Crippen LogP contribution in [0.3, 0.4) is 0 Å². The van der Waals surface area contributed by atoms with Crippen LogP contribution in [0.1, 0.15) is 62.3 Å². The summed E-state index contributed by atoms with van der Waals surface area (Å²) in [5, 5.41) is 5.27. The molecule has 1 atom stereocenters. The number of nitrogens with one attached hydrogen (secondary N) is 2. The lowest BCUT2D eigenvalue weighted by Gasteiger charge is -2.38. The Hall–Kier alpha value is -2.05. The summed E-state index contributed by atoms with van der Waals surface area (Å²) in [7, 11) is -2.11. The summed E-state index contributed by atoms with van der Waals surface area (Å²) in [5.74, 6) is 2.48. The van der Waals surface area contributed by atoms with Crippen molar-refractivity contribution in [3.05, 3.63) is 0 Å². The van der Waals surface area contributed by atoms with E-state index in [-0.39, 0.29) is 17.5 Å². The van der Waals surface area contributed by atoms with Crippen LogP contribution in [0.4, 0.5) is 9.59 Å². The molecule has 30 heavy (non-hydrogen) atoms. The molecule has 9 heteroatoms.